The number of hydrogen-bond acceptors (Lipinski definition) is 5. The standard InChI is InChI=1S/C20H22N4O3S/c1-15(25)23-9-11-24(12-10-23)19(27)13-17-14-28-20(21-17)22-18(26)8-7-16-5-3-2-4-6-16/h2-8,14H,9-13H2,1H3,(H,21,22,26)/b8-7+. The normalized spacial score (nSPS) is 14.3. The zero-order valence-corrected chi connectivity index (χ0v) is 16.4. The quantitative estimate of drug-likeness (QED) is 0.782. The maximum Gasteiger partial charge on any atom is 0.250 e. The monoisotopic (exact) mass is 398 g/mol. The van der Waals surface area contributed by atoms with E-state index in [1.807, 2.05) is 30.3 Å². The molecule has 0 atom stereocenters. The van der Waals surface area contributed by atoms with Crippen LogP contribution in [0.25, 0.3) is 6.08 Å². The molecule has 8 heteroatoms. The molecule has 2 aromatic rings. The number of piperazine rings is 1. The van der Waals surface area contributed by atoms with Crippen molar-refractivity contribution in [2.45, 2.75) is 13.3 Å². The van der Waals surface area contributed by atoms with E-state index in [1.54, 1.807) is 21.3 Å². The highest BCUT2D eigenvalue weighted by Crippen LogP contribution is 2.17. The van der Waals surface area contributed by atoms with Crippen LogP contribution in [-0.4, -0.2) is 58.7 Å². The van der Waals surface area contributed by atoms with E-state index in [9.17, 15) is 14.4 Å². The topological polar surface area (TPSA) is 82.6 Å². The molecular weight excluding hydrogens is 376 g/mol. The SMILES string of the molecule is CC(=O)N1CCN(C(=O)Cc2csc(NC(=O)/C=C/c3ccccc3)n2)CC1. The van der Waals surface area contributed by atoms with Crippen molar-refractivity contribution in [3.63, 3.8) is 0 Å². The van der Waals surface area contributed by atoms with Gasteiger partial charge in [-0.25, -0.2) is 4.98 Å². The van der Waals surface area contributed by atoms with Crippen LogP contribution in [0.4, 0.5) is 5.13 Å². The second kappa shape index (κ2) is 9.27. The van der Waals surface area contributed by atoms with E-state index in [4.69, 9.17) is 0 Å². The molecule has 2 heterocycles. The number of hydrogen-bond donors (Lipinski definition) is 1. The Balaban J connectivity index is 1.49. The third-order valence-electron chi connectivity index (χ3n) is 4.42. The first-order chi connectivity index (χ1) is 13.5. The molecule has 1 saturated heterocycles. The van der Waals surface area contributed by atoms with E-state index in [0.717, 1.165) is 5.56 Å². The number of nitrogens with one attached hydrogen (secondary N) is 1. The summed E-state index contributed by atoms with van der Waals surface area (Å²) in [5, 5.41) is 4.96. The third kappa shape index (κ3) is 5.50. The molecule has 0 spiro atoms. The summed E-state index contributed by atoms with van der Waals surface area (Å²) >= 11 is 1.29. The van der Waals surface area contributed by atoms with Gasteiger partial charge < -0.3 is 9.80 Å². The summed E-state index contributed by atoms with van der Waals surface area (Å²) in [5.41, 5.74) is 1.57. The number of carbonyl (C=O) groups excluding carboxylic acids is 3. The van der Waals surface area contributed by atoms with Gasteiger partial charge in [0.15, 0.2) is 5.13 Å². The molecule has 0 unspecified atom stereocenters. The smallest absolute Gasteiger partial charge is 0.250 e. The predicted molar refractivity (Wildman–Crippen MR) is 109 cm³/mol. The lowest BCUT2D eigenvalue weighted by Crippen LogP contribution is -2.50. The molecule has 3 amide bonds. The van der Waals surface area contributed by atoms with Crippen LogP contribution in [0.15, 0.2) is 41.8 Å². The zero-order valence-electron chi connectivity index (χ0n) is 15.6. The van der Waals surface area contributed by atoms with Gasteiger partial charge in [-0.3, -0.25) is 19.7 Å². The molecule has 1 aliphatic rings. The highest BCUT2D eigenvalue weighted by Gasteiger charge is 2.23. The number of carbonyl (C=O) groups is 3. The fraction of sp³-hybridized carbons (Fsp3) is 0.300. The first kappa shape index (κ1) is 19.8. The Morgan fingerprint density at radius 3 is 2.46 bits per heavy atom. The molecule has 3 rings (SSSR count). The van der Waals surface area contributed by atoms with Crippen molar-refractivity contribution in [3.8, 4) is 0 Å². The van der Waals surface area contributed by atoms with E-state index < -0.39 is 0 Å². The Kier molecular flexibility index (Phi) is 6.54. The first-order valence-corrected chi connectivity index (χ1v) is 9.91. The lowest BCUT2D eigenvalue weighted by atomic mass is 10.2. The Labute approximate surface area is 167 Å². The van der Waals surface area contributed by atoms with Crippen LogP contribution >= 0.6 is 11.3 Å². The van der Waals surface area contributed by atoms with E-state index in [2.05, 4.69) is 10.3 Å². The van der Waals surface area contributed by atoms with Crippen molar-refractivity contribution in [2.24, 2.45) is 0 Å². The summed E-state index contributed by atoms with van der Waals surface area (Å²) in [6, 6.07) is 9.54. The van der Waals surface area contributed by atoms with Crippen molar-refractivity contribution in [3.05, 3.63) is 53.0 Å². The van der Waals surface area contributed by atoms with Crippen LogP contribution in [0, 0.1) is 0 Å². The molecule has 1 N–H and O–H groups in total. The number of nitrogens with zero attached hydrogens (tertiary/aromatic N) is 3. The van der Waals surface area contributed by atoms with Crippen molar-refractivity contribution in [1.29, 1.82) is 0 Å². The number of benzene rings is 1. The average Bonchev–Trinajstić information content (AvgIpc) is 3.14. The number of rotatable bonds is 5. The van der Waals surface area contributed by atoms with Gasteiger partial charge in [0.25, 0.3) is 0 Å². The van der Waals surface area contributed by atoms with E-state index in [1.165, 1.54) is 24.3 Å². The van der Waals surface area contributed by atoms with Crippen molar-refractivity contribution < 1.29 is 14.4 Å². The molecule has 146 valence electrons. The minimum atomic E-state index is -0.267. The second-order valence-electron chi connectivity index (χ2n) is 6.44. The average molecular weight is 398 g/mol. The van der Waals surface area contributed by atoms with E-state index in [0.29, 0.717) is 37.0 Å². The molecule has 0 bridgehead atoms. The molecule has 1 aromatic heterocycles. The van der Waals surface area contributed by atoms with Crippen molar-refractivity contribution in [2.75, 3.05) is 31.5 Å². The molecule has 7 nitrogen and oxygen atoms in total. The second-order valence-corrected chi connectivity index (χ2v) is 7.30. The highest BCUT2D eigenvalue weighted by molar-refractivity contribution is 7.14. The van der Waals surface area contributed by atoms with Gasteiger partial charge in [0.2, 0.25) is 17.7 Å². The van der Waals surface area contributed by atoms with Gasteiger partial charge in [-0.15, -0.1) is 11.3 Å². The predicted octanol–water partition coefficient (Wildman–Crippen LogP) is 2.03. The zero-order chi connectivity index (χ0) is 19.9. The Bertz CT molecular complexity index is 871. The van der Waals surface area contributed by atoms with E-state index in [-0.39, 0.29) is 24.1 Å². The lowest BCUT2D eigenvalue weighted by Gasteiger charge is -2.34. The minimum absolute atomic E-state index is 0.0182. The summed E-state index contributed by atoms with van der Waals surface area (Å²) in [4.78, 5) is 43.6. The minimum Gasteiger partial charge on any atom is -0.339 e. The molecular formula is C20H22N4O3S. The van der Waals surface area contributed by atoms with Gasteiger partial charge in [-0.05, 0) is 11.6 Å². The highest BCUT2D eigenvalue weighted by atomic mass is 32.1. The third-order valence-corrected chi connectivity index (χ3v) is 5.23. The van der Waals surface area contributed by atoms with Crippen LogP contribution in [0.5, 0.6) is 0 Å². The Morgan fingerprint density at radius 1 is 1.11 bits per heavy atom. The van der Waals surface area contributed by atoms with Crippen LogP contribution < -0.4 is 5.32 Å². The van der Waals surface area contributed by atoms with Crippen LogP contribution in [-0.2, 0) is 20.8 Å². The van der Waals surface area contributed by atoms with Gasteiger partial charge in [0.05, 0.1) is 12.1 Å². The first-order valence-electron chi connectivity index (χ1n) is 9.03. The maximum atomic E-state index is 12.4. The molecule has 0 radical (unpaired) electrons. The van der Waals surface area contributed by atoms with Crippen LogP contribution in [0.1, 0.15) is 18.2 Å². The van der Waals surface area contributed by atoms with Gasteiger partial charge in [0, 0.05) is 44.6 Å². The van der Waals surface area contributed by atoms with Crippen LogP contribution in [0.3, 0.4) is 0 Å². The van der Waals surface area contributed by atoms with Gasteiger partial charge >= 0.3 is 0 Å². The summed E-state index contributed by atoms with van der Waals surface area (Å²) in [6.45, 7) is 3.74. The van der Waals surface area contributed by atoms with Gasteiger partial charge in [-0.1, -0.05) is 30.3 Å². The number of thiazole rings is 1. The molecule has 1 fully saturated rings. The van der Waals surface area contributed by atoms with E-state index >= 15 is 0 Å². The van der Waals surface area contributed by atoms with Gasteiger partial charge in [0.1, 0.15) is 0 Å². The molecule has 0 saturated carbocycles. The fourth-order valence-corrected chi connectivity index (χ4v) is 3.58. The van der Waals surface area contributed by atoms with Gasteiger partial charge in [-0.2, -0.15) is 0 Å². The van der Waals surface area contributed by atoms with Crippen molar-refractivity contribution >= 4 is 40.3 Å². The number of aromatic nitrogens is 1. The molecule has 1 aliphatic heterocycles. The largest absolute Gasteiger partial charge is 0.339 e. The lowest BCUT2D eigenvalue weighted by molar-refractivity contribution is -0.138. The fourth-order valence-electron chi connectivity index (χ4n) is 2.87. The summed E-state index contributed by atoms with van der Waals surface area (Å²) < 4.78 is 0. The molecule has 28 heavy (non-hydrogen) atoms. The number of anilines is 1. The molecule has 1 aromatic carbocycles. The Morgan fingerprint density at radius 2 is 1.79 bits per heavy atom. The molecule has 0 aliphatic carbocycles. The summed E-state index contributed by atoms with van der Waals surface area (Å²) in [7, 11) is 0. The van der Waals surface area contributed by atoms with Crippen LogP contribution in [0.2, 0.25) is 0 Å². The Hall–Kier alpha value is -3.00. The summed E-state index contributed by atoms with van der Waals surface area (Å²) in [6.07, 6.45) is 3.37. The maximum absolute atomic E-state index is 12.4. The number of amides is 3. The van der Waals surface area contributed by atoms with Crippen molar-refractivity contribution in [1.82, 2.24) is 14.8 Å². The summed E-state index contributed by atoms with van der Waals surface area (Å²) in [5.74, 6) is -0.250.